The van der Waals surface area contributed by atoms with E-state index in [1.54, 1.807) is 0 Å². The van der Waals surface area contributed by atoms with E-state index in [9.17, 15) is 14.0 Å². The smallest absolute Gasteiger partial charge is 0.255 e. The van der Waals surface area contributed by atoms with Crippen LogP contribution in [0.4, 0.5) is 4.39 Å². The van der Waals surface area contributed by atoms with Crippen LogP contribution in [0.2, 0.25) is 0 Å². The average molecular weight is 292 g/mol. The van der Waals surface area contributed by atoms with E-state index < -0.39 is 23.2 Å². The molecule has 0 saturated heterocycles. The van der Waals surface area contributed by atoms with E-state index in [4.69, 9.17) is 10.8 Å². The number of hydrogen-bond donors (Lipinski definition) is 3. The molecule has 2 amide bonds. The highest BCUT2D eigenvalue weighted by Crippen LogP contribution is 2.12. The minimum absolute atomic E-state index is 0.0751. The molecule has 4 N–H and O–H groups in total. The number of halogens is 1. The van der Waals surface area contributed by atoms with Gasteiger partial charge in [0.25, 0.3) is 5.91 Å². The third-order valence-corrected chi connectivity index (χ3v) is 2.72. The zero-order valence-electron chi connectivity index (χ0n) is 11.9. The van der Waals surface area contributed by atoms with Gasteiger partial charge in [0.2, 0.25) is 5.91 Å². The van der Waals surface area contributed by atoms with Gasteiger partial charge in [-0.2, -0.15) is 0 Å². The van der Waals surface area contributed by atoms with Crippen molar-refractivity contribution in [2.45, 2.75) is 25.8 Å². The second kappa shape index (κ2) is 6.86. The average Bonchev–Trinajstić information content (AvgIpc) is 2.40. The summed E-state index contributed by atoms with van der Waals surface area (Å²) in [5.74, 6) is 3.18. The number of amides is 2. The highest BCUT2D eigenvalue weighted by atomic mass is 19.1. The van der Waals surface area contributed by atoms with Gasteiger partial charge in [-0.15, -0.1) is 0 Å². The molecule has 21 heavy (non-hydrogen) atoms. The lowest BCUT2D eigenvalue weighted by Gasteiger charge is -2.22. The summed E-state index contributed by atoms with van der Waals surface area (Å²) in [5.41, 5.74) is 4.08. The maximum Gasteiger partial charge on any atom is 0.255 e. The lowest BCUT2D eigenvalue weighted by Crippen LogP contribution is -2.53. The lowest BCUT2D eigenvalue weighted by atomic mass is 10.0. The molecule has 0 unspecified atom stereocenters. The Hall–Kier alpha value is -2.39. The van der Waals surface area contributed by atoms with Crippen molar-refractivity contribution in [2.75, 3.05) is 6.61 Å². The quantitative estimate of drug-likeness (QED) is 0.708. The first-order chi connectivity index (χ1) is 9.77. The van der Waals surface area contributed by atoms with Gasteiger partial charge < -0.3 is 16.2 Å². The first-order valence-corrected chi connectivity index (χ1v) is 6.29. The van der Waals surface area contributed by atoms with Gasteiger partial charge in [0.1, 0.15) is 11.4 Å². The van der Waals surface area contributed by atoms with Crippen LogP contribution in [0.3, 0.4) is 0 Å². The van der Waals surface area contributed by atoms with E-state index in [1.165, 1.54) is 26.0 Å². The Kier molecular flexibility index (Phi) is 5.44. The van der Waals surface area contributed by atoms with Crippen LogP contribution in [0.15, 0.2) is 18.2 Å². The molecule has 0 fully saturated rings. The number of hydrogen-bond acceptors (Lipinski definition) is 3. The van der Waals surface area contributed by atoms with Crippen molar-refractivity contribution < 1.29 is 19.1 Å². The first kappa shape index (κ1) is 16.7. The van der Waals surface area contributed by atoms with Crippen molar-refractivity contribution >= 4 is 11.8 Å². The van der Waals surface area contributed by atoms with Crippen molar-refractivity contribution in [3.8, 4) is 11.8 Å². The Balaban J connectivity index is 3.02. The number of nitrogens with two attached hydrogens (primary N) is 1. The van der Waals surface area contributed by atoms with Gasteiger partial charge in [-0.1, -0.05) is 11.8 Å². The van der Waals surface area contributed by atoms with Crippen LogP contribution in [0.25, 0.3) is 0 Å². The molecule has 0 aliphatic rings. The number of primary amides is 1. The van der Waals surface area contributed by atoms with Crippen LogP contribution in [0.5, 0.6) is 0 Å². The summed E-state index contributed by atoms with van der Waals surface area (Å²) in [5, 5.41) is 11.0. The maximum atomic E-state index is 13.7. The zero-order valence-corrected chi connectivity index (χ0v) is 11.9. The number of benzene rings is 1. The van der Waals surface area contributed by atoms with Gasteiger partial charge >= 0.3 is 0 Å². The van der Waals surface area contributed by atoms with E-state index in [1.807, 2.05) is 0 Å². The molecular formula is C15H17FN2O3. The molecule has 0 radical (unpaired) electrons. The Labute approximate surface area is 122 Å². The van der Waals surface area contributed by atoms with Gasteiger partial charge in [0.05, 0.1) is 12.2 Å². The summed E-state index contributed by atoms with van der Waals surface area (Å²) in [6.07, 6.45) is 0.285. The van der Waals surface area contributed by atoms with Crippen LogP contribution < -0.4 is 11.1 Å². The monoisotopic (exact) mass is 292 g/mol. The van der Waals surface area contributed by atoms with E-state index in [-0.39, 0.29) is 18.6 Å². The minimum atomic E-state index is -1.29. The Morgan fingerprint density at radius 3 is 2.67 bits per heavy atom. The topological polar surface area (TPSA) is 92.4 Å². The third-order valence-electron chi connectivity index (χ3n) is 2.72. The number of carbonyl (C=O) groups is 2. The fourth-order valence-electron chi connectivity index (χ4n) is 1.41. The molecule has 0 atom stereocenters. The summed E-state index contributed by atoms with van der Waals surface area (Å²) in [4.78, 5) is 23.2. The molecule has 1 aromatic carbocycles. The molecule has 0 heterocycles. The van der Waals surface area contributed by atoms with Gasteiger partial charge in [-0.05, 0) is 32.0 Å². The molecule has 0 aromatic heterocycles. The van der Waals surface area contributed by atoms with E-state index in [0.717, 1.165) is 6.07 Å². The van der Waals surface area contributed by atoms with Crippen LogP contribution in [0, 0.1) is 17.7 Å². The van der Waals surface area contributed by atoms with Gasteiger partial charge in [-0.25, -0.2) is 4.39 Å². The second-order valence-electron chi connectivity index (χ2n) is 4.91. The summed E-state index contributed by atoms with van der Waals surface area (Å²) in [7, 11) is 0. The molecule has 6 heteroatoms. The molecule has 1 rings (SSSR count). The Morgan fingerprint density at radius 2 is 2.10 bits per heavy atom. The highest BCUT2D eigenvalue weighted by Gasteiger charge is 2.28. The summed E-state index contributed by atoms with van der Waals surface area (Å²) >= 11 is 0. The molecule has 0 spiro atoms. The van der Waals surface area contributed by atoms with E-state index in [0.29, 0.717) is 5.56 Å². The normalized spacial score (nSPS) is 10.5. The maximum absolute atomic E-state index is 13.7. The Bertz CT molecular complexity index is 615. The molecule has 1 aromatic rings. The molecular weight excluding hydrogens is 275 g/mol. The minimum Gasteiger partial charge on any atom is -0.395 e. The Morgan fingerprint density at radius 1 is 1.43 bits per heavy atom. The third kappa shape index (κ3) is 4.58. The SMILES string of the molecule is CC(C)(NC(=O)c1cc(C#CCCO)ccc1F)C(N)=O. The number of nitrogens with one attached hydrogen (secondary N) is 1. The van der Waals surface area contributed by atoms with E-state index >= 15 is 0 Å². The molecule has 0 aliphatic heterocycles. The van der Waals surface area contributed by atoms with Crippen molar-refractivity contribution in [2.24, 2.45) is 5.73 Å². The predicted molar refractivity (Wildman–Crippen MR) is 75.7 cm³/mol. The lowest BCUT2D eigenvalue weighted by molar-refractivity contribution is -0.122. The molecule has 0 saturated carbocycles. The zero-order chi connectivity index (χ0) is 16.0. The fourth-order valence-corrected chi connectivity index (χ4v) is 1.41. The largest absolute Gasteiger partial charge is 0.395 e. The van der Waals surface area contributed by atoms with Crippen LogP contribution >= 0.6 is 0 Å². The summed E-state index contributed by atoms with van der Waals surface area (Å²) in [6.45, 7) is 2.78. The second-order valence-corrected chi connectivity index (χ2v) is 4.91. The molecule has 0 aliphatic carbocycles. The van der Waals surface area contributed by atoms with Crippen LogP contribution in [0.1, 0.15) is 36.2 Å². The number of carbonyl (C=O) groups excluding carboxylic acids is 2. The fraction of sp³-hybridized carbons (Fsp3) is 0.333. The molecule has 112 valence electrons. The predicted octanol–water partition coefficient (Wildman–Crippen LogP) is 0.553. The van der Waals surface area contributed by atoms with Gasteiger partial charge in [-0.3, -0.25) is 9.59 Å². The number of aliphatic hydroxyl groups excluding tert-OH is 1. The van der Waals surface area contributed by atoms with Gasteiger partial charge in [0.15, 0.2) is 0 Å². The first-order valence-electron chi connectivity index (χ1n) is 6.29. The van der Waals surface area contributed by atoms with Crippen LogP contribution in [-0.4, -0.2) is 29.1 Å². The van der Waals surface area contributed by atoms with Crippen molar-refractivity contribution in [3.05, 3.63) is 35.1 Å². The highest BCUT2D eigenvalue weighted by molar-refractivity contribution is 5.99. The van der Waals surface area contributed by atoms with Crippen molar-refractivity contribution in [1.82, 2.24) is 5.32 Å². The van der Waals surface area contributed by atoms with Crippen LogP contribution in [-0.2, 0) is 4.79 Å². The molecule has 0 bridgehead atoms. The molecule has 5 nitrogen and oxygen atoms in total. The standard InChI is InChI=1S/C15H17FN2O3/c1-15(2,14(17)21)18-13(20)11-9-10(5-3-4-8-19)6-7-12(11)16/h6-7,9,19H,4,8H2,1-2H3,(H2,17,21)(H,18,20). The summed E-state index contributed by atoms with van der Waals surface area (Å²) < 4.78 is 13.7. The van der Waals surface area contributed by atoms with Crippen molar-refractivity contribution in [3.63, 3.8) is 0 Å². The van der Waals surface area contributed by atoms with Crippen molar-refractivity contribution in [1.29, 1.82) is 0 Å². The number of aliphatic hydroxyl groups is 1. The number of rotatable bonds is 4. The van der Waals surface area contributed by atoms with E-state index in [2.05, 4.69) is 17.2 Å². The summed E-state index contributed by atoms with van der Waals surface area (Å²) in [6, 6.07) is 3.83. The van der Waals surface area contributed by atoms with Gasteiger partial charge in [0, 0.05) is 12.0 Å².